The average Bonchev–Trinajstić information content (AvgIpc) is 3.30. The van der Waals surface area contributed by atoms with Gasteiger partial charge in [-0.25, -0.2) is 21.6 Å². The molecule has 1 saturated heterocycles. The van der Waals surface area contributed by atoms with Crippen LogP contribution >= 0.6 is 11.6 Å². The molecule has 0 spiro atoms. The lowest BCUT2D eigenvalue weighted by Gasteiger charge is -2.34. The first kappa shape index (κ1) is 34.9. The molecule has 0 saturated carbocycles. The molecule has 0 bridgehead atoms. The van der Waals surface area contributed by atoms with Crippen LogP contribution < -0.4 is 9.46 Å². The highest BCUT2D eigenvalue weighted by Gasteiger charge is 2.33. The Labute approximate surface area is 283 Å². The number of carbonyl (C=O) groups is 1. The molecule has 252 valence electrons. The van der Waals surface area contributed by atoms with E-state index in [2.05, 4.69) is 9.29 Å². The number of nitrogens with one attached hydrogen (secondary N) is 1. The monoisotopic (exact) mass is 699 g/mol. The third-order valence-electron chi connectivity index (χ3n) is 9.12. The number of aryl methyl sites for hydroxylation is 4. The number of piperidine rings is 1. The number of halogens is 1. The fourth-order valence-electron chi connectivity index (χ4n) is 6.46. The fraction of sp³-hybridized carbons (Fsp3) is 0.400. The van der Waals surface area contributed by atoms with Crippen LogP contribution in [0.25, 0.3) is 10.9 Å². The van der Waals surface area contributed by atoms with Crippen LogP contribution in [0.3, 0.4) is 0 Å². The van der Waals surface area contributed by atoms with Crippen LogP contribution in [0.15, 0.2) is 64.4 Å². The molecule has 9 nitrogen and oxygen atoms in total. The van der Waals surface area contributed by atoms with Gasteiger partial charge in [0.15, 0.2) is 0 Å². The van der Waals surface area contributed by atoms with Crippen LogP contribution in [0.1, 0.15) is 71.8 Å². The van der Waals surface area contributed by atoms with Gasteiger partial charge in [0, 0.05) is 40.8 Å². The molecule has 3 aromatic carbocycles. The van der Waals surface area contributed by atoms with E-state index in [1.807, 2.05) is 52.8 Å². The molecule has 1 aromatic heterocycles. The van der Waals surface area contributed by atoms with E-state index in [0.29, 0.717) is 37.9 Å². The van der Waals surface area contributed by atoms with Crippen LogP contribution in [0, 0.1) is 27.7 Å². The number of aromatic nitrogens is 1. The molecule has 12 heteroatoms. The number of rotatable bonds is 11. The van der Waals surface area contributed by atoms with E-state index in [9.17, 15) is 21.6 Å². The van der Waals surface area contributed by atoms with Crippen molar-refractivity contribution >= 4 is 48.5 Å². The van der Waals surface area contributed by atoms with Crippen molar-refractivity contribution in [2.45, 2.75) is 89.1 Å². The third kappa shape index (κ3) is 7.09. The summed E-state index contributed by atoms with van der Waals surface area (Å²) in [7, 11) is -8.06. The Morgan fingerprint density at radius 1 is 0.957 bits per heavy atom. The van der Waals surface area contributed by atoms with E-state index in [4.69, 9.17) is 16.3 Å². The zero-order valence-electron chi connectivity index (χ0n) is 27.5. The van der Waals surface area contributed by atoms with Gasteiger partial charge in [0.2, 0.25) is 10.0 Å². The Balaban J connectivity index is 1.31. The molecule has 0 radical (unpaired) electrons. The average molecular weight is 700 g/mol. The maximum absolute atomic E-state index is 13.5. The second-order valence-corrected chi connectivity index (χ2v) is 16.2. The molecule has 0 unspecified atom stereocenters. The van der Waals surface area contributed by atoms with Gasteiger partial charge in [-0.2, -0.15) is 4.31 Å². The minimum Gasteiger partial charge on any atom is -0.494 e. The summed E-state index contributed by atoms with van der Waals surface area (Å²) >= 11 is 6.28. The minimum absolute atomic E-state index is 0.0316. The predicted octanol–water partition coefficient (Wildman–Crippen LogP) is 7.07. The molecule has 1 N–H and O–H groups in total. The highest BCUT2D eigenvalue weighted by molar-refractivity contribution is 7.90. The van der Waals surface area contributed by atoms with Crippen LogP contribution in [-0.2, 0) is 26.6 Å². The quantitative estimate of drug-likeness (QED) is 0.168. The van der Waals surface area contributed by atoms with Crippen molar-refractivity contribution in [3.8, 4) is 5.75 Å². The first-order chi connectivity index (χ1) is 22.3. The van der Waals surface area contributed by atoms with Crippen LogP contribution in [-0.4, -0.2) is 50.8 Å². The normalized spacial score (nSPS) is 16.0. The topological polar surface area (TPSA) is 115 Å². The number of hydrogen-bond donors (Lipinski definition) is 1. The summed E-state index contributed by atoms with van der Waals surface area (Å²) in [6.45, 7) is 11.3. The van der Waals surface area contributed by atoms with Crippen LogP contribution in [0.5, 0.6) is 5.75 Å². The van der Waals surface area contributed by atoms with Crippen molar-refractivity contribution in [1.29, 1.82) is 0 Å². The zero-order chi connectivity index (χ0) is 34.1. The lowest BCUT2D eigenvalue weighted by Crippen LogP contribution is -2.43. The number of amides is 1. The maximum atomic E-state index is 13.5. The van der Waals surface area contributed by atoms with Gasteiger partial charge in [0.25, 0.3) is 15.9 Å². The molecular weight excluding hydrogens is 658 g/mol. The van der Waals surface area contributed by atoms with Gasteiger partial charge in [-0.3, -0.25) is 4.79 Å². The lowest BCUT2D eigenvalue weighted by molar-refractivity contribution is 0.0983. The molecule has 1 fully saturated rings. The highest BCUT2D eigenvalue weighted by atomic mass is 35.5. The van der Waals surface area contributed by atoms with Gasteiger partial charge in [-0.1, -0.05) is 31.0 Å². The molecule has 4 aromatic rings. The van der Waals surface area contributed by atoms with Crippen molar-refractivity contribution in [2.24, 2.45) is 0 Å². The predicted molar refractivity (Wildman–Crippen MR) is 185 cm³/mol. The Morgan fingerprint density at radius 3 is 2.28 bits per heavy atom. The van der Waals surface area contributed by atoms with Crippen molar-refractivity contribution < 1.29 is 26.4 Å². The van der Waals surface area contributed by atoms with Crippen molar-refractivity contribution in [3.63, 3.8) is 0 Å². The van der Waals surface area contributed by atoms with Gasteiger partial charge in [0.1, 0.15) is 5.75 Å². The van der Waals surface area contributed by atoms with E-state index in [0.717, 1.165) is 57.9 Å². The Hall–Kier alpha value is -3.38. The van der Waals surface area contributed by atoms with Gasteiger partial charge >= 0.3 is 0 Å². The summed E-state index contributed by atoms with van der Waals surface area (Å²) in [5.41, 5.74) is 4.83. The second kappa shape index (κ2) is 14.0. The van der Waals surface area contributed by atoms with Crippen LogP contribution in [0.4, 0.5) is 0 Å². The summed E-state index contributed by atoms with van der Waals surface area (Å²) in [5.74, 6) is 0.00157. The fourth-order valence-corrected chi connectivity index (χ4v) is 9.31. The third-order valence-corrected chi connectivity index (χ3v) is 13.0. The van der Waals surface area contributed by atoms with E-state index in [1.165, 1.54) is 28.6 Å². The Morgan fingerprint density at radius 2 is 1.62 bits per heavy atom. The van der Waals surface area contributed by atoms with E-state index in [1.54, 1.807) is 12.1 Å². The van der Waals surface area contributed by atoms with E-state index in [-0.39, 0.29) is 21.4 Å². The van der Waals surface area contributed by atoms with E-state index < -0.39 is 26.0 Å². The number of nitrogens with zero attached hydrogens (tertiary/aromatic N) is 2. The molecule has 0 aliphatic carbocycles. The Kier molecular flexibility index (Phi) is 10.4. The number of fused-ring (bicyclic) bond motifs is 1. The lowest BCUT2D eigenvalue weighted by atomic mass is 10.0. The smallest absolute Gasteiger partial charge is 0.265 e. The minimum atomic E-state index is -4.29. The number of benzene rings is 3. The standard InChI is InChI=1S/C35H42ClN3O6S2/c1-6-27-11-7-8-19-39(27)47(43,44)30-16-14-29(15-17-30)46(41,42)37-35(40)31-12-9-13-32-33(31)25(4)26(5)38(32)18-10-20-45-28-21-23(2)34(36)24(3)22-28/h9,12-17,21-22,27H,6-8,10-11,18-20H2,1-5H3,(H,37,40)/t27-/m1/s1. The van der Waals surface area contributed by atoms with Crippen molar-refractivity contribution in [2.75, 3.05) is 13.2 Å². The van der Waals surface area contributed by atoms with Crippen molar-refractivity contribution in [3.05, 3.63) is 87.6 Å². The molecule has 47 heavy (non-hydrogen) atoms. The highest BCUT2D eigenvalue weighted by Crippen LogP contribution is 2.31. The van der Waals surface area contributed by atoms with Gasteiger partial charge < -0.3 is 9.30 Å². The van der Waals surface area contributed by atoms with Crippen LogP contribution in [0.2, 0.25) is 5.02 Å². The molecule has 1 amide bonds. The maximum Gasteiger partial charge on any atom is 0.265 e. The number of sulfonamides is 2. The summed E-state index contributed by atoms with van der Waals surface area (Å²) in [6, 6.07) is 14.1. The summed E-state index contributed by atoms with van der Waals surface area (Å²) in [5, 5.41) is 1.41. The van der Waals surface area contributed by atoms with Gasteiger partial charge in [0.05, 0.1) is 22.0 Å². The zero-order valence-corrected chi connectivity index (χ0v) is 29.9. The number of ether oxygens (including phenoxy) is 1. The SMILES string of the molecule is CC[C@@H]1CCCCN1S(=O)(=O)c1ccc(S(=O)(=O)NC(=O)c2cccc3c2c(C)c(C)n3CCCOc2cc(C)c(Cl)c(C)c2)cc1. The first-order valence-corrected chi connectivity index (χ1v) is 19.2. The van der Waals surface area contributed by atoms with E-state index >= 15 is 0 Å². The molecule has 2 heterocycles. The van der Waals surface area contributed by atoms with Gasteiger partial charge in [-0.15, -0.1) is 0 Å². The number of carbonyl (C=O) groups excluding carboxylic acids is 1. The Bertz CT molecular complexity index is 2000. The second-order valence-electron chi connectivity index (χ2n) is 12.2. The first-order valence-electron chi connectivity index (χ1n) is 15.9. The molecule has 1 aliphatic heterocycles. The summed E-state index contributed by atoms with van der Waals surface area (Å²) < 4.78 is 65.1. The largest absolute Gasteiger partial charge is 0.494 e. The van der Waals surface area contributed by atoms with Gasteiger partial charge in [-0.05, 0) is 119 Å². The molecular formula is C35H42ClN3O6S2. The van der Waals surface area contributed by atoms with Crippen molar-refractivity contribution in [1.82, 2.24) is 13.6 Å². The molecule has 1 atom stereocenters. The number of hydrogen-bond acceptors (Lipinski definition) is 6. The summed E-state index contributed by atoms with van der Waals surface area (Å²) in [4.78, 5) is 13.3. The molecule has 1 aliphatic rings. The molecule has 5 rings (SSSR count). The summed E-state index contributed by atoms with van der Waals surface area (Å²) in [6.07, 6.45) is 4.00.